The molecule has 0 bridgehead atoms. The van der Waals surface area contributed by atoms with Gasteiger partial charge < -0.3 is 20.1 Å². The van der Waals surface area contributed by atoms with E-state index in [-0.39, 0.29) is 12.7 Å². The van der Waals surface area contributed by atoms with E-state index in [2.05, 4.69) is 20.6 Å². The second kappa shape index (κ2) is 7.43. The smallest absolute Gasteiger partial charge is 0.274 e. The third-order valence-electron chi connectivity index (χ3n) is 4.63. The van der Waals surface area contributed by atoms with Crippen molar-refractivity contribution in [2.24, 2.45) is 0 Å². The number of nitrogens with zero attached hydrogens (tertiary/aromatic N) is 2. The standard InChI is InChI=1S/C22H22N4O3/c1-12-7-13(2)20(14(3)8-12)26-21(27)17-9-15(4)23-22(25-17)24-16-5-6-18-19(10-16)29-11-28-18/h5-10H,11H2,1-4H3,(H,26,27)(H,23,24,25). The number of ether oxygens (including phenoxy) is 2. The summed E-state index contributed by atoms with van der Waals surface area (Å²) >= 11 is 0. The van der Waals surface area contributed by atoms with Gasteiger partial charge in [-0.05, 0) is 57.0 Å². The molecule has 7 nitrogen and oxygen atoms in total. The van der Waals surface area contributed by atoms with E-state index in [0.717, 1.165) is 28.1 Å². The normalized spacial score (nSPS) is 12.0. The predicted octanol–water partition coefficient (Wildman–Crippen LogP) is 4.43. The molecule has 4 rings (SSSR count). The van der Waals surface area contributed by atoms with Gasteiger partial charge in [0.25, 0.3) is 5.91 Å². The Morgan fingerprint density at radius 3 is 2.41 bits per heavy atom. The van der Waals surface area contributed by atoms with Crippen molar-refractivity contribution in [3.63, 3.8) is 0 Å². The number of aryl methyl sites for hydroxylation is 4. The van der Waals surface area contributed by atoms with Crippen molar-refractivity contribution >= 4 is 23.2 Å². The lowest BCUT2D eigenvalue weighted by atomic mass is 10.0. The summed E-state index contributed by atoms with van der Waals surface area (Å²) in [6, 6.07) is 11.2. The Labute approximate surface area is 169 Å². The summed E-state index contributed by atoms with van der Waals surface area (Å²) in [4.78, 5) is 21.6. The summed E-state index contributed by atoms with van der Waals surface area (Å²) in [5.74, 6) is 1.42. The molecule has 29 heavy (non-hydrogen) atoms. The van der Waals surface area contributed by atoms with Crippen LogP contribution in [0, 0.1) is 27.7 Å². The van der Waals surface area contributed by atoms with Crippen molar-refractivity contribution in [1.29, 1.82) is 0 Å². The molecule has 2 N–H and O–H groups in total. The Hall–Kier alpha value is -3.61. The van der Waals surface area contributed by atoms with Crippen molar-refractivity contribution in [3.8, 4) is 11.5 Å². The SMILES string of the molecule is Cc1cc(C)c(NC(=O)c2cc(C)nc(Nc3ccc4c(c3)OCO4)n2)c(C)c1. The van der Waals surface area contributed by atoms with Crippen LogP contribution in [0.25, 0.3) is 0 Å². The van der Waals surface area contributed by atoms with E-state index in [1.54, 1.807) is 6.07 Å². The average Bonchev–Trinajstić information content (AvgIpc) is 3.11. The summed E-state index contributed by atoms with van der Waals surface area (Å²) in [5, 5.41) is 6.11. The fraction of sp³-hybridized carbons (Fsp3) is 0.227. The zero-order chi connectivity index (χ0) is 20.5. The molecule has 0 fully saturated rings. The summed E-state index contributed by atoms with van der Waals surface area (Å²) in [6.45, 7) is 8.03. The minimum absolute atomic E-state index is 0.210. The number of hydrogen-bond donors (Lipinski definition) is 2. The Balaban J connectivity index is 1.57. The molecule has 0 saturated heterocycles. The highest BCUT2D eigenvalue weighted by Gasteiger charge is 2.16. The molecule has 1 aliphatic heterocycles. The summed E-state index contributed by atoms with van der Waals surface area (Å²) in [7, 11) is 0. The summed E-state index contributed by atoms with van der Waals surface area (Å²) < 4.78 is 10.7. The molecule has 148 valence electrons. The molecule has 1 amide bonds. The van der Waals surface area contributed by atoms with Crippen molar-refractivity contribution in [2.45, 2.75) is 27.7 Å². The van der Waals surface area contributed by atoms with E-state index in [9.17, 15) is 4.79 Å². The van der Waals surface area contributed by atoms with E-state index in [1.807, 2.05) is 58.0 Å². The van der Waals surface area contributed by atoms with Crippen LogP contribution < -0.4 is 20.1 Å². The number of nitrogens with one attached hydrogen (secondary N) is 2. The minimum atomic E-state index is -0.278. The zero-order valence-corrected chi connectivity index (χ0v) is 16.8. The Morgan fingerprint density at radius 2 is 1.66 bits per heavy atom. The molecular formula is C22H22N4O3. The molecule has 0 spiro atoms. The van der Waals surface area contributed by atoms with Crippen LogP contribution in [-0.2, 0) is 0 Å². The van der Waals surface area contributed by atoms with Crippen LogP contribution in [0.4, 0.5) is 17.3 Å². The molecule has 2 heterocycles. The van der Waals surface area contributed by atoms with Gasteiger partial charge >= 0.3 is 0 Å². The van der Waals surface area contributed by atoms with Crippen LogP contribution in [-0.4, -0.2) is 22.7 Å². The Kier molecular flexibility index (Phi) is 4.80. The van der Waals surface area contributed by atoms with E-state index in [1.165, 1.54) is 0 Å². The molecule has 0 radical (unpaired) electrons. The topological polar surface area (TPSA) is 85.4 Å². The molecule has 0 atom stereocenters. The Morgan fingerprint density at radius 1 is 0.931 bits per heavy atom. The van der Waals surface area contributed by atoms with Crippen molar-refractivity contribution in [1.82, 2.24) is 9.97 Å². The van der Waals surface area contributed by atoms with Gasteiger partial charge in [0, 0.05) is 23.1 Å². The Bertz CT molecular complexity index is 1090. The van der Waals surface area contributed by atoms with E-state index in [0.29, 0.717) is 28.8 Å². The van der Waals surface area contributed by atoms with Gasteiger partial charge in [-0.3, -0.25) is 4.79 Å². The number of carbonyl (C=O) groups is 1. The van der Waals surface area contributed by atoms with Crippen molar-refractivity contribution < 1.29 is 14.3 Å². The number of aromatic nitrogens is 2. The lowest BCUT2D eigenvalue weighted by Crippen LogP contribution is -2.17. The number of carbonyl (C=O) groups excluding carboxylic acids is 1. The van der Waals surface area contributed by atoms with Crippen LogP contribution in [0.3, 0.4) is 0 Å². The van der Waals surface area contributed by atoms with Crippen LogP contribution in [0.2, 0.25) is 0 Å². The fourth-order valence-electron chi connectivity index (χ4n) is 3.40. The largest absolute Gasteiger partial charge is 0.454 e. The summed E-state index contributed by atoms with van der Waals surface area (Å²) in [5.41, 5.74) is 5.72. The van der Waals surface area contributed by atoms with Gasteiger partial charge in [-0.15, -0.1) is 0 Å². The van der Waals surface area contributed by atoms with E-state index >= 15 is 0 Å². The van der Waals surface area contributed by atoms with Crippen LogP contribution >= 0.6 is 0 Å². The number of fused-ring (bicyclic) bond motifs is 1. The number of rotatable bonds is 4. The van der Waals surface area contributed by atoms with Gasteiger partial charge in [0.1, 0.15) is 5.69 Å². The molecule has 0 unspecified atom stereocenters. The highest BCUT2D eigenvalue weighted by atomic mass is 16.7. The van der Waals surface area contributed by atoms with Gasteiger partial charge in [0.05, 0.1) is 0 Å². The first-order chi connectivity index (χ1) is 13.9. The predicted molar refractivity (Wildman–Crippen MR) is 111 cm³/mol. The highest BCUT2D eigenvalue weighted by molar-refractivity contribution is 6.04. The molecule has 7 heteroatoms. The van der Waals surface area contributed by atoms with Crippen LogP contribution in [0.5, 0.6) is 11.5 Å². The second-order valence-corrected chi connectivity index (χ2v) is 7.14. The van der Waals surface area contributed by atoms with Gasteiger partial charge in [0.15, 0.2) is 11.5 Å². The number of benzene rings is 2. The number of amides is 1. The molecule has 2 aromatic carbocycles. The summed E-state index contributed by atoms with van der Waals surface area (Å²) in [6.07, 6.45) is 0. The molecule has 3 aromatic rings. The first-order valence-corrected chi connectivity index (χ1v) is 9.30. The van der Waals surface area contributed by atoms with Gasteiger partial charge in [-0.2, -0.15) is 0 Å². The maximum atomic E-state index is 12.8. The molecule has 1 aliphatic rings. The minimum Gasteiger partial charge on any atom is -0.454 e. The van der Waals surface area contributed by atoms with Crippen LogP contribution in [0.15, 0.2) is 36.4 Å². The average molecular weight is 390 g/mol. The van der Waals surface area contributed by atoms with Gasteiger partial charge in [-0.25, -0.2) is 9.97 Å². The molecule has 1 aromatic heterocycles. The molecule has 0 saturated carbocycles. The maximum Gasteiger partial charge on any atom is 0.274 e. The molecular weight excluding hydrogens is 368 g/mol. The van der Waals surface area contributed by atoms with Crippen molar-refractivity contribution in [3.05, 3.63) is 64.5 Å². The van der Waals surface area contributed by atoms with Crippen LogP contribution in [0.1, 0.15) is 32.9 Å². The second-order valence-electron chi connectivity index (χ2n) is 7.14. The first kappa shape index (κ1) is 18.7. The third kappa shape index (κ3) is 3.99. The monoisotopic (exact) mass is 390 g/mol. The maximum absolute atomic E-state index is 12.8. The first-order valence-electron chi connectivity index (χ1n) is 9.30. The quantitative estimate of drug-likeness (QED) is 0.685. The lowest BCUT2D eigenvalue weighted by molar-refractivity contribution is 0.102. The highest BCUT2D eigenvalue weighted by Crippen LogP contribution is 2.34. The fourth-order valence-corrected chi connectivity index (χ4v) is 3.40. The van der Waals surface area contributed by atoms with E-state index < -0.39 is 0 Å². The number of hydrogen-bond acceptors (Lipinski definition) is 6. The van der Waals surface area contributed by atoms with E-state index in [4.69, 9.17) is 9.47 Å². The number of anilines is 3. The molecule has 0 aliphatic carbocycles. The lowest BCUT2D eigenvalue weighted by Gasteiger charge is -2.13. The van der Waals surface area contributed by atoms with Gasteiger partial charge in [-0.1, -0.05) is 17.7 Å². The van der Waals surface area contributed by atoms with Gasteiger partial charge in [0.2, 0.25) is 12.7 Å². The zero-order valence-electron chi connectivity index (χ0n) is 16.8. The third-order valence-corrected chi connectivity index (χ3v) is 4.63. The van der Waals surface area contributed by atoms with Crippen molar-refractivity contribution in [2.75, 3.05) is 17.4 Å².